The van der Waals surface area contributed by atoms with Crippen molar-refractivity contribution in [3.63, 3.8) is 0 Å². The second-order valence-electron chi connectivity index (χ2n) is 4.91. The molecule has 1 rings (SSSR count). The van der Waals surface area contributed by atoms with Crippen molar-refractivity contribution < 1.29 is 9.90 Å². The summed E-state index contributed by atoms with van der Waals surface area (Å²) in [6.45, 7) is 4.98. The summed E-state index contributed by atoms with van der Waals surface area (Å²) in [7, 11) is 0. The zero-order valence-corrected chi connectivity index (χ0v) is 14.4. The molecule has 0 spiro atoms. The SMILES string of the molecule is CC(C)(CCCO)CNC(=O)c1cc(Br)c(Br)s1. The lowest BCUT2D eigenvalue weighted by Gasteiger charge is -2.24. The van der Waals surface area contributed by atoms with Crippen molar-refractivity contribution in [2.75, 3.05) is 13.2 Å². The third-order valence-electron chi connectivity index (χ3n) is 2.61. The molecule has 0 aliphatic rings. The Morgan fingerprint density at radius 3 is 2.67 bits per heavy atom. The highest BCUT2D eigenvalue weighted by molar-refractivity contribution is 9.13. The van der Waals surface area contributed by atoms with E-state index in [1.807, 2.05) is 6.07 Å². The topological polar surface area (TPSA) is 49.3 Å². The fourth-order valence-electron chi connectivity index (χ4n) is 1.51. The number of rotatable bonds is 6. The van der Waals surface area contributed by atoms with Gasteiger partial charge in [0.1, 0.15) is 0 Å². The molecule has 18 heavy (non-hydrogen) atoms. The fourth-order valence-corrected chi connectivity index (χ4v) is 3.46. The molecule has 102 valence electrons. The van der Waals surface area contributed by atoms with Crippen LogP contribution in [0.1, 0.15) is 36.4 Å². The smallest absolute Gasteiger partial charge is 0.261 e. The molecule has 0 atom stereocenters. The van der Waals surface area contributed by atoms with E-state index in [1.165, 1.54) is 11.3 Å². The molecule has 1 heterocycles. The van der Waals surface area contributed by atoms with Crippen LogP contribution in [0.3, 0.4) is 0 Å². The molecule has 6 heteroatoms. The number of aliphatic hydroxyl groups is 1. The van der Waals surface area contributed by atoms with E-state index in [4.69, 9.17) is 5.11 Å². The second kappa shape index (κ2) is 7.03. The average Bonchev–Trinajstić information content (AvgIpc) is 2.64. The number of aliphatic hydroxyl groups excluding tert-OH is 1. The van der Waals surface area contributed by atoms with Gasteiger partial charge in [-0.05, 0) is 56.2 Å². The average molecular weight is 399 g/mol. The lowest BCUT2D eigenvalue weighted by atomic mass is 9.88. The molecule has 0 saturated carbocycles. The first-order valence-corrected chi connectivity index (χ1v) is 8.10. The summed E-state index contributed by atoms with van der Waals surface area (Å²) in [5.41, 5.74) is 0.00408. The summed E-state index contributed by atoms with van der Waals surface area (Å²) in [4.78, 5) is 12.6. The molecule has 0 bridgehead atoms. The summed E-state index contributed by atoms with van der Waals surface area (Å²) in [5.74, 6) is -0.0523. The van der Waals surface area contributed by atoms with E-state index in [0.717, 1.165) is 21.1 Å². The number of halogens is 2. The highest BCUT2D eigenvalue weighted by atomic mass is 79.9. The lowest BCUT2D eigenvalue weighted by Crippen LogP contribution is -2.33. The van der Waals surface area contributed by atoms with Crippen LogP contribution in [0, 0.1) is 5.41 Å². The van der Waals surface area contributed by atoms with Crippen LogP contribution >= 0.6 is 43.2 Å². The Kier molecular flexibility index (Phi) is 6.30. The van der Waals surface area contributed by atoms with Gasteiger partial charge >= 0.3 is 0 Å². The number of carbonyl (C=O) groups is 1. The van der Waals surface area contributed by atoms with Gasteiger partial charge in [0, 0.05) is 17.6 Å². The van der Waals surface area contributed by atoms with Crippen LogP contribution in [0.4, 0.5) is 0 Å². The predicted octanol–water partition coefficient (Wildman–Crippen LogP) is 3.80. The Morgan fingerprint density at radius 2 is 2.17 bits per heavy atom. The molecule has 0 aromatic carbocycles. The molecule has 0 aliphatic heterocycles. The highest BCUT2D eigenvalue weighted by Gasteiger charge is 2.19. The maximum atomic E-state index is 11.9. The van der Waals surface area contributed by atoms with E-state index in [-0.39, 0.29) is 17.9 Å². The zero-order valence-electron chi connectivity index (χ0n) is 10.4. The van der Waals surface area contributed by atoms with Gasteiger partial charge in [-0.3, -0.25) is 4.79 Å². The summed E-state index contributed by atoms with van der Waals surface area (Å²) >= 11 is 8.15. The van der Waals surface area contributed by atoms with E-state index in [9.17, 15) is 4.79 Å². The van der Waals surface area contributed by atoms with Gasteiger partial charge in [0.2, 0.25) is 0 Å². The Balaban J connectivity index is 2.50. The molecule has 1 aromatic heterocycles. The van der Waals surface area contributed by atoms with Crippen molar-refractivity contribution in [3.05, 3.63) is 19.2 Å². The van der Waals surface area contributed by atoms with Gasteiger partial charge in [0.25, 0.3) is 5.91 Å². The zero-order chi connectivity index (χ0) is 13.8. The van der Waals surface area contributed by atoms with Gasteiger partial charge in [-0.1, -0.05) is 13.8 Å². The molecular formula is C12H17Br2NO2S. The van der Waals surface area contributed by atoms with Crippen LogP contribution in [0.2, 0.25) is 0 Å². The Labute approximate surface area is 128 Å². The van der Waals surface area contributed by atoms with Crippen LogP contribution in [0.25, 0.3) is 0 Å². The standard InChI is InChI=1S/C12H17Br2NO2S/c1-12(2,4-3-5-16)7-15-11(17)9-6-8(13)10(14)18-9/h6,16H,3-5,7H2,1-2H3,(H,15,17). The van der Waals surface area contributed by atoms with E-state index >= 15 is 0 Å². The second-order valence-corrected chi connectivity index (χ2v) is 8.13. The number of hydrogen-bond donors (Lipinski definition) is 2. The molecule has 2 N–H and O–H groups in total. The van der Waals surface area contributed by atoms with Crippen LogP contribution in [-0.2, 0) is 0 Å². The third-order valence-corrected chi connectivity index (χ3v) is 5.86. The molecule has 0 fully saturated rings. The Morgan fingerprint density at radius 1 is 1.50 bits per heavy atom. The number of hydrogen-bond acceptors (Lipinski definition) is 3. The van der Waals surface area contributed by atoms with E-state index in [2.05, 4.69) is 51.0 Å². The van der Waals surface area contributed by atoms with E-state index < -0.39 is 0 Å². The molecule has 1 amide bonds. The number of thiophene rings is 1. The number of nitrogens with one attached hydrogen (secondary N) is 1. The Hall–Kier alpha value is 0.0900. The first-order chi connectivity index (χ1) is 8.35. The van der Waals surface area contributed by atoms with E-state index in [1.54, 1.807) is 0 Å². The van der Waals surface area contributed by atoms with Gasteiger partial charge in [-0.25, -0.2) is 0 Å². The Bertz CT molecular complexity index is 399. The van der Waals surface area contributed by atoms with Crippen LogP contribution in [0.15, 0.2) is 14.3 Å². The van der Waals surface area contributed by atoms with E-state index in [0.29, 0.717) is 11.4 Å². The molecule has 0 aliphatic carbocycles. The molecule has 0 saturated heterocycles. The van der Waals surface area contributed by atoms with Crippen LogP contribution in [-0.4, -0.2) is 24.2 Å². The summed E-state index contributed by atoms with van der Waals surface area (Å²) in [6.07, 6.45) is 1.65. The summed E-state index contributed by atoms with van der Waals surface area (Å²) in [5, 5.41) is 11.8. The molecular weight excluding hydrogens is 382 g/mol. The van der Waals surface area contributed by atoms with Crippen molar-refractivity contribution in [3.8, 4) is 0 Å². The summed E-state index contributed by atoms with van der Waals surface area (Å²) < 4.78 is 1.82. The molecule has 3 nitrogen and oxygen atoms in total. The highest BCUT2D eigenvalue weighted by Crippen LogP contribution is 2.32. The van der Waals surface area contributed by atoms with Crippen molar-refractivity contribution in [2.24, 2.45) is 5.41 Å². The maximum Gasteiger partial charge on any atom is 0.261 e. The van der Waals surface area contributed by atoms with Crippen LogP contribution < -0.4 is 5.32 Å². The van der Waals surface area contributed by atoms with Crippen molar-refractivity contribution in [1.82, 2.24) is 5.32 Å². The largest absolute Gasteiger partial charge is 0.396 e. The minimum atomic E-state index is -0.0523. The normalized spacial score (nSPS) is 11.6. The van der Waals surface area contributed by atoms with Crippen molar-refractivity contribution in [2.45, 2.75) is 26.7 Å². The lowest BCUT2D eigenvalue weighted by molar-refractivity contribution is 0.0937. The third kappa shape index (κ3) is 4.99. The van der Waals surface area contributed by atoms with Gasteiger partial charge in [-0.2, -0.15) is 0 Å². The quantitative estimate of drug-likeness (QED) is 0.765. The molecule has 0 unspecified atom stereocenters. The van der Waals surface area contributed by atoms with Gasteiger partial charge in [-0.15, -0.1) is 11.3 Å². The first kappa shape index (κ1) is 16.1. The van der Waals surface area contributed by atoms with Crippen molar-refractivity contribution >= 4 is 49.1 Å². The predicted molar refractivity (Wildman–Crippen MR) is 82.2 cm³/mol. The monoisotopic (exact) mass is 397 g/mol. The fraction of sp³-hybridized carbons (Fsp3) is 0.583. The van der Waals surface area contributed by atoms with Gasteiger partial charge in [0.05, 0.1) is 8.66 Å². The number of amides is 1. The molecule has 0 radical (unpaired) electrons. The minimum Gasteiger partial charge on any atom is -0.396 e. The van der Waals surface area contributed by atoms with Gasteiger partial charge < -0.3 is 10.4 Å². The van der Waals surface area contributed by atoms with Crippen molar-refractivity contribution in [1.29, 1.82) is 0 Å². The maximum absolute atomic E-state index is 11.9. The first-order valence-electron chi connectivity index (χ1n) is 5.69. The van der Waals surface area contributed by atoms with Crippen LogP contribution in [0.5, 0.6) is 0 Å². The molecule has 1 aromatic rings. The van der Waals surface area contributed by atoms with Gasteiger partial charge in [0.15, 0.2) is 0 Å². The number of carbonyl (C=O) groups excluding carboxylic acids is 1. The summed E-state index contributed by atoms with van der Waals surface area (Å²) in [6, 6.07) is 1.81. The minimum absolute atomic E-state index is 0.00408.